The van der Waals surface area contributed by atoms with Gasteiger partial charge in [0, 0.05) is 18.7 Å². The second kappa shape index (κ2) is 6.67. The molecule has 2 aliphatic heterocycles. The van der Waals surface area contributed by atoms with Gasteiger partial charge in [-0.25, -0.2) is 4.98 Å². The number of nitrogens with zero attached hydrogens (tertiary/aromatic N) is 3. The SMILES string of the molecule is COc1ccc2c(c1)C[C@H](c1nc(O)c3cc(C4C=NNC4)ccc3n1)CO2. The number of methoxy groups -OCH3 is 1. The monoisotopic (exact) mass is 376 g/mol. The lowest BCUT2D eigenvalue weighted by Crippen LogP contribution is -2.21. The first-order chi connectivity index (χ1) is 13.7. The molecule has 7 heteroatoms. The van der Waals surface area contributed by atoms with Gasteiger partial charge in [-0.1, -0.05) is 6.07 Å². The van der Waals surface area contributed by atoms with E-state index in [9.17, 15) is 5.11 Å². The second-order valence-corrected chi connectivity index (χ2v) is 7.11. The lowest BCUT2D eigenvalue weighted by atomic mass is 9.95. The highest BCUT2D eigenvalue weighted by atomic mass is 16.5. The molecule has 0 amide bonds. The van der Waals surface area contributed by atoms with Crippen molar-refractivity contribution in [2.45, 2.75) is 18.3 Å². The van der Waals surface area contributed by atoms with E-state index in [-0.39, 0.29) is 17.7 Å². The van der Waals surface area contributed by atoms with E-state index in [4.69, 9.17) is 14.5 Å². The summed E-state index contributed by atoms with van der Waals surface area (Å²) in [5, 5.41) is 15.3. The molecule has 0 bridgehead atoms. The van der Waals surface area contributed by atoms with Crippen LogP contribution in [0.3, 0.4) is 0 Å². The number of aromatic hydroxyl groups is 1. The summed E-state index contributed by atoms with van der Waals surface area (Å²) in [5.74, 6) is 2.42. The van der Waals surface area contributed by atoms with Crippen LogP contribution in [0.4, 0.5) is 0 Å². The third-order valence-electron chi connectivity index (χ3n) is 5.34. The lowest BCUT2D eigenvalue weighted by molar-refractivity contribution is 0.256. The van der Waals surface area contributed by atoms with Crippen molar-refractivity contribution in [1.29, 1.82) is 0 Å². The third-order valence-corrected chi connectivity index (χ3v) is 5.34. The van der Waals surface area contributed by atoms with E-state index in [1.807, 2.05) is 42.6 Å². The highest BCUT2D eigenvalue weighted by Gasteiger charge is 2.25. The highest BCUT2D eigenvalue weighted by molar-refractivity contribution is 5.85. The minimum Gasteiger partial charge on any atom is -0.497 e. The summed E-state index contributed by atoms with van der Waals surface area (Å²) < 4.78 is 11.2. The number of hydrogen-bond donors (Lipinski definition) is 2. The molecule has 2 atom stereocenters. The Kier molecular flexibility index (Phi) is 4.00. The average Bonchev–Trinajstić information content (AvgIpc) is 3.27. The van der Waals surface area contributed by atoms with Gasteiger partial charge < -0.3 is 20.0 Å². The van der Waals surface area contributed by atoms with Crippen LogP contribution in [-0.2, 0) is 6.42 Å². The van der Waals surface area contributed by atoms with Crippen molar-refractivity contribution in [3.05, 3.63) is 53.3 Å². The Balaban J connectivity index is 1.47. The van der Waals surface area contributed by atoms with Gasteiger partial charge in [-0.15, -0.1) is 0 Å². The maximum absolute atomic E-state index is 10.6. The zero-order valence-corrected chi connectivity index (χ0v) is 15.4. The molecule has 142 valence electrons. The van der Waals surface area contributed by atoms with Crippen LogP contribution < -0.4 is 14.9 Å². The molecule has 3 aromatic rings. The summed E-state index contributed by atoms with van der Waals surface area (Å²) in [4.78, 5) is 9.10. The van der Waals surface area contributed by atoms with Gasteiger partial charge in [0.15, 0.2) is 0 Å². The summed E-state index contributed by atoms with van der Waals surface area (Å²) in [6, 6.07) is 11.7. The zero-order valence-electron chi connectivity index (χ0n) is 15.4. The van der Waals surface area contributed by atoms with Crippen LogP contribution in [0.2, 0.25) is 0 Å². The van der Waals surface area contributed by atoms with Gasteiger partial charge >= 0.3 is 0 Å². The molecular weight excluding hydrogens is 356 g/mol. The average molecular weight is 376 g/mol. The molecule has 5 rings (SSSR count). The fraction of sp³-hybridized carbons (Fsp3) is 0.286. The molecule has 0 spiro atoms. The molecule has 0 saturated carbocycles. The predicted octanol–water partition coefficient (Wildman–Crippen LogP) is 2.74. The third kappa shape index (κ3) is 2.89. The minimum atomic E-state index is -0.0271. The normalized spacial score (nSPS) is 20.5. The molecule has 2 N–H and O–H groups in total. The Morgan fingerprint density at radius 1 is 1.18 bits per heavy atom. The van der Waals surface area contributed by atoms with E-state index in [1.54, 1.807) is 7.11 Å². The van der Waals surface area contributed by atoms with Crippen LogP contribution in [0.5, 0.6) is 17.4 Å². The number of fused-ring (bicyclic) bond motifs is 2. The number of ether oxygens (including phenoxy) is 2. The molecule has 1 unspecified atom stereocenters. The van der Waals surface area contributed by atoms with Crippen molar-refractivity contribution in [2.24, 2.45) is 5.10 Å². The van der Waals surface area contributed by atoms with Crippen LogP contribution >= 0.6 is 0 Å². The van der Waals surface area contributed by atoms with Gasteiger partial charge in [-0.3, -0.25) is 0 Å². The Labute approximate surface area is 162 Å². The Morgan fingerprint density at radius 2 is 2.11 bits per heavy atom. The number of aromatic nitrogens is 2. The van der Waals surface area contributed by atoms with Gasteiger partial charge in [0.25, 0.3) is 0 Å². The van der Waals surface area contributed by atoms with Crippen LogP contribution in [-0.4, -0.2) is 41.6 Å². The molecule has 0 saturated heterocycles. The van der Waals surface area contributed by atoms with Crippen LogP contribution in [0.25, 0.3) is 10.9 Å². The van der Waals surface area contributed by atoms with Crippen molar-refractivity contribution in [3.63, 3.8) is 0 Å². The van der Waals surface area contributed by atoms with E-state index < -0.39 is 0 Å². The Hall–Kier alpha value is -3.35. The Morgan fingerprint density at radius 3 is 2.93 bits per heavy atom. The maximum atomic E-state index is 10.6. The quantitative estimate of drug-likeness (QED) is 0.731. The molecule has 0 radical (unpaired) electrons. The van der Waals surface area contributed by atoms with Gasteiger partial charge in [-0.2, -0.15) is 10.1 Å². The number of benzene rings is 2. The molecule has 2 aliphatic rings. The van der Waals surface area contributed by atoms with Crippen LogP contribution in [0, 0.1) is 0 Å². The van der Waals surface area contributed by atoms with E-state index in [2.05, 4.69) is 15.5 Å². The first-order valence-corrected chi connectivity index (χ1v) is 9.27. The Bertz CT molecular complexity index is 1080. The van der Waals surface area contributed by atoms with E-state index in [0.29, 0.717) is 17.8 Å². The highest BCUT2D eigenvalue weighted by Crippen LogP contribution is 2.35. The second-order valence-electron chi connectivity index (χ2n) is 7.11. The number of hydrazone groups is 1. The molecule has 0 aliphatic carbocycles. The largest absolute Gasteiger partial charge is 0.497 e. The molecule has 7 nitrogen and oxygen atoms in total. The summed E-state index contributed by atoms with van der Waals surface area (Å²) in [5.41, 5.74) is 5.82. The molecule has 3 heterocycles. The molecule has 2 aromatic carbocycles. The number of nitrogens with one attached hydrogen (secondary N) is 1. The van der Waals surface area contributed by atoms with Crippen molar-refractivity contribution in [1.82, 2.24) is 15.4 Å². The van der Waals surface area contributed by atoms with Crippen molar-refractivity contribution < 1.29 is 14.6 Å². The van der Waals surface area contributed by atoms with E-state index in [1.165, 1.54) is 0 Å². The van der Waals surface area contributed by atoms with Crippen LogP contribution in [0.1, 0.15) is 28.8 Å². The van der Waals surface area contributed by atoms with Crippen molar-refractivity contribution >= 4 is 17.1 Å². The van der Waals surface area contributed by atoms with Gasteiger partial charge in [0.2, 0.25) is 5.88 Å². The van der Waals surface area contributed by atoms with Crippen LogP contribution in [0.15, 0.2) is 41.5 Å². The van der Waals surface area contributed by atoms with Gasteiger partial charge in [-0.05, 0) is 47.9 Å². The molecular formula is C21H20N4O3. The predicted molar refractivity (Wildman–Crippen MR) is 105 cm³/mol. The summed E-state index contributed by atoms with van der Waals surface area (Å²) in [6.07, 6.45) is 2.61. The maximum Gasteiger partial charge on any atom is 0.222 e. The summed E-state index contributed by atoms with van der Waals surface area (Å²) in [7, 11) is 1.65. The topological polar surface area (TPSA) is 88.9 Å². The van der Waals surface area contributed by atoms with E-state index in [0.717, 1.165) is 41.1 Å². The standard InChI is InChI=1S/C21H20N4O3/c1-27-16-3-5-19-13(7-16)6-14(11-28-19)20-24-18-4-2-12(15-9-22-23-10-15)8-17(18)21(26)25-20/h2-5,7-9,14-15,23H,6,10-11H2,1H3,(H,24,25,26)/t14-,15?/m0/s1. The summed E-state index contributed by atoms with van der Waals surface area (Å²) >= 11 is 0. The molecule has 0 fully saturated rings. The fourth-order valence-corrected chi connectivity index (χ4v) is 3.77. The van der Waals surface area contributed by atoms with Crippen molar-refractivity contribution in [2.75, 3.05) is 20.3 Å². The summed E-state index contributed by atoms with van der Waals surface area (Å²) in [6.45, 7) is 1.24. The first kappa shape index (κ1) is 16.8. The smallest absolute Gasteiger partial charge is 0.222 e. The van der Waals surface area contributed by atoms with Crippen molar-refractivity contribution in [3.8, 4) is 17.4 Å². The van der Waals surface area contributed by atoms with Gasteiger partial charge in [0.05, 0.1) is 30.5 Å². The lowest BCUT2D eigenvalue weighted by Gasteiger charge is -2.25. The van der Waals surface area contributed by atoms with E-state index >= 15 is 0 Å². The number of hydrogen-bond acceptors (Lipinski definition) is 7. The number of rotatable bonds is 3. The molecule has 28 heavy (non-hydrogen) atoms. The molecule has 1 aromatic heterocycles. The fourth-order valence-electron chi connectivity index (χ4n) is 3.77. The zero-order chi connectivity index (χ0) is 19.1. The first-order valence-electron chi connectivity index (χ1n) is 9.27. The van der Waals surface area contributed by atoms with Gasteiger partial charge in [0.1, 0.15) is 17.3 Å². The minimum absolute atomic E-state index is 0.00110.